The molecular weight excluding hydrogens is 354 g/mol. The molecule has 0 aliphatic heterocycles. The molecule has 0 saturated heterocycles. The highest BCUT2D eigenvalue weighted by Crippen LogP contribution is 2.37. The molecule has 142 valence electrons. The normalized spacial score (nSPS) is 11.6. The van der Waals surface area contributed by atoms with Crippen molar-refractivity contribution >= 4 is 21.9 Å². The molecule has 5 aromatic rings. The van der Waals surface area contributed by atoms with E-state index in [1.54, 1.807) is 0 Å². The number of rotatable bonds is 4. The molecule has 0 saturated carbocycles. The minimum atomic E-state index is 0.614. The molecule has 29 heavy (non-hydrogen) atoms. The monoisotopic (exact) mass is 377 g/mol. The fourth-order valence-electron chi connectivity index (χ4n) is 4.03. The van der Waals surface area contributed by atoms with E-state index in [0.717, 1.165) is 39.6 Å². The topological polar surface area (TPSA) is 26.0 Å². The number of hydrogen-bond acceptors (Lipinski definition) is 2. The van der Waals surface area contributed by atoms with Gasteiger partial charge in [0.2, 0.25) is 0 Å². The van der Waals surface area contributed by atoms with Crippen LogP contribution in [0.1, 0.15) is 19.4 Å². The predicted octanol–water partition coefficient (Wildman–Crippen LogP) is 7.51. The van der Waals surface area contributed by atoms with Crippen LogP contribution in [0.25, 0.3) is 44.3 Å². The van der Waals surface area contributed by atoms with E-state index in [0.29, 0.717) is 5.92 Å². The quantitative estimate of drug-likeness (QED) is 0.324. The maximum atomic E-state index is 6.31. The van der Waals surface area contributed by atoms with Crippen LogP contribution >= 0.6 is 0 Å². The number of pyridine rings is 1. The first-order valence-corrected chi connectivity index (χ1v) is 10.1. The van der Waals surface area contributed by atoms with E-state index < -0.39 is 0 Å². The van der Waals surface area contributed by atoms with Gasteiger partial charge < -0.3 is 4.42 Å². The Kier molecular flexibility index (Phi) is 4.40. The number of furan rings is 1. The van der Waals surface area contributed by atoms with Gasteiger partial charge in [0.1, 0.15) is 11.2 Å². The Morgan fingerprint density at radius 2 is 1.66 bits per heavy atom. The summed E-state index contributed by atoms with van der Waals surface area (Å²) in [6, 6.07) is 27.5. The third-order valence-electron chi connectivity index (χ3n) is 5.35. The van der Waals surface area contributed by atoms with Crippen molar-refractivity contribution in [3.05, 3.63) is 90.6 Å². The number of fused-ring (bicyclic) bond motifs is 3. The molecule has 0 fully saturated rings. The van der Waals surface area contributed by atoms with Crippen molar-refractivity contribution in [1.29, 1.82) is 0 Å². The minimum Gasteiger partial charge on any atom is -0.455 e. The lowest BCUT2D eigenvalue weighted by molar-refractivity contribution is 0.647. The Morgan fingerprint density at radius 3 is 2.48 bits per heavy atom. The number of aromatic nitrogens is 1. The van der Waals surface area contributed by atoms with Gasteiger partial charge in [0.05, 0.1) is 5.69 Å². The highest BCUT2D eigenvalue weighted by Gasteiger charge is 2.14. The molecule has 2 nitrogen and oxygen atoms in total. The molecule has 0 atom stereocenters. The van der Waals surface area contributed by atoms with E-state index in [2.05, 4.69) is 91.6 Å². The van der Waals surface area contributed by atoms with Crippen LogP contribution in [0.5, 0.6) is 0 Å². The second-order valence-electron chi connectivity index (χ2n) is 8.01. The van der Waals surface area contributed by atoms with Crippen LogP contribution in [0.4, 0.5) is 0 Å². The smallest absolute Gasteiger partial charge is 0.144 e. The van der Waals surface area contributed by atoms with E-state index in [1.165, 1.54) is 16.7 Å². The largest absolute Gasteiger partial charge is 0.455 e. The van der Waals surface area contributed by atoms with Gasteiger partial charge in [-0.25, -0.2) is 0 Å². The first-order chi connectivity index (χ1) is 14.2. The Hall–Kier alpha value is -3.39. The van der Waals surface area contributed by atoms with Gasteiger partial charge in [0.25, 0.3) is 0 Å². The molecule has 0 N–H and O–H groups in total. The van der Waals surface area contributed by atoms with Gasteiger partial charge in [0.15, 0.2) is 0 Å². The summed E-state index contributed by atoms with van der Waals surface area (Å²) in [5, 5.41) is 2.27. The summed E-state index contributed by atoms with van der Waals surface area (Å²) < 4.78 is 6.31. The first-order valence-electron chi connectivity index (χ1n) is 10.1. The minimum absolute atomic E-state index is 0.614. The fraction of sp³-hybridized carbons (Fsp3) is 0.148. The van der Waals surface area contributed by atoms with E-state index in [1.807, 2.05) is 12.3 Å². The number of benzene rings is 3. The molecule has 2 aromatic heterocycles. The SMILES string of the molecule is CC(C)Cc1ccnc(-c2cccc3c2oc2ccc(-c4ccccc4)cc23)c1. The van der Waals surface area contributed by atoms with Crippen LogP contribution in [-0.4, -0.2) is 4.98 Å². The molecule has 0 bridgehead atoms. The lowest BCUT2D eigenvalue weighted by Crippen LogP contribution is -1.95. The summed E-state index contributed by atoms with van der Waals surface area (Å²) in [6.45, 7) is 4.48. The molecule has 2 heterocycles. The summed E-state index contributed by atoms with van der Waals surface area (Å²) in [7, 11) is 0. The molecule has 0 amide bonds. The van der Waals surface area contributed by atoms with Crippen molar-refractivity contribution in [2.24, 2.45) is 5.92 Å². The van der Waals surface area contributed by atoms with Crippen molar-refractivity contribution in [1.82, 2.24) is 4.98 Å². The third-order valence-corrected chi connectivity index (χ3v) is 5.35. The zero-order valence-corrected chi connectivity index (χ0v) is 16.7. The molecule has 5 rings (SSSR count). The van der Waals surface area contributed by atoms with Gasteiger partial charge in [-0.05, 0) is 59.4 Å². The lowest BCUT2D eigenvalue weighted by atomic mass is 10.00. The van der Waals surface area contributed by atoms with Gasteiger partial charge in [-0.3, -0.25) is 4.98 Å². The number of nitrogens with zero attached hydrogens (tertiary/aromatic N) is 1. The van der Waals surface area contributed by atoms with E-state index >= 15 is 0 Å². The molecule has 3 aromatic carbocycles. The van der Waals surface area contributed by atoms with Crippen molar-refractivity contribution in [3.8, 4) is 22.4 Å². The van der Waals surface area contributed by atoms with Crippen molar-refractivity contribution in [2.75, 3.05) is 0 Å². The van der Waals surface area contributed by atoms with Gasteiger partial charge >= 0.3 is 0 Å². The molecule has 0 aliphatic carbocycles. The first kappa shape index (κ1) is 17.7. The Bertz CT molecular complexity index is 1300. The van der Waals surface area contributed by atoms with Gasteiger partial charge in [-0.1, -0.05) is 62.4 Å². The van der Waals surface area contributed by atoms with Crippen LogP contribution in [-0.2, 0) is 6.42 Å². The Labute approximate surface area is 170 Å². The Morgan fingerprint density at radius 1 is 0.793 bits per heavy atom. The van der Waals surface area contributed by atoms with E-state index in [4.69, 9.17) is 4.42 Å². The van der Waals surface area contributed by atoms with Crippen molar-refractivity contribution in [2.45, 2.75) is 20.3 Å². The third kappa shape index (κ3) is 3.31. The van der Waals surface area contributed by atoms with Gasteiger partial charge in [0, 0.05) is 22.5 Å². The zero-order valence-electron chi connectivity index (χ0n) is 16.7. The van der Waals surface area contributed by atoms with Crippen molar-refractivity contribution in [3.63, 3.8) is 0 Å². The van der Waals surface area contributed by atoms with Crippen LogP contribution < -0.4 is 0 Å². The molecule has 2 heteroatoms. The van der Waals surface area contributed by atoms with Crippen LogP contribution in [0.15, 0.2) is 89.5 Å². The van der Waals surface area contributed by atoms with E-state index in [-0.39, 0.29) is 0 Å². The van der Waals surface area contributed by atoms with Crippen LogP contribution in [0, 0.1) is 5.92 Å². The maximum absolute atomic E-state index is 6.31. The van der Waals surface area contributed by atoms with Crippen molar-refractivity contribution < 1.29 is 4.42 Å². The molecule has 0 spiro atoms. The number of hydrogen-bond donors (Lipinski definition) is 0. The Balaban J connectivity index is 1.67. The summed E-state index contributed by atoms with van der Waals surface area (Å²) in [5.41, 5.74) is 7.55. The zero-order chi connectivity index (χ0) is 19.8. The average molecular weight is 377 g/mol. The average Bonchev–Trinajstić information content (AvgIpc) is 3.12. The molecule has 0 radical (unpaired) electrons. The predicted molar refractivity (Wildman–Crippen MR) is 121 cm³/mol. The van der Waals surface area contributed by atoms with Crippen LogP contribution in [0.2, 0.25) is 0 Å². The molecule has 0 aliphatic rings. The summed E-state index contributed by atoms with van der Waals surface area (Å²) in [5.74, 6) is 0.614. The second-order valence-corrected chi connectivity index (χ2v) is 8.01. The summed E-state index contributed by atoms with van der Waals surface area (Å²) >= 11 is 0. The second kappa shape index (κ2) is 7.21. The summed E-state index contributed by atoms with van der Waals surface area (Å²) in [6.07, 6.45) is 2.95. The highest BCUT2D eigenvalue weighted by molar-refractivity contribution is 6.10. The lowest BCUT2D eigenvalue weighted by Gasteiger charge is -2.07. The molecular formula is C27H23NO. The fourth-order valence-corrected chi connectivity index (χ4v) is 4.03. The van der Waals surface area contributed by atoms with E-state index in [9.17, 15) is 0 Å². The van der Waals surface area contributed by atoms with Gasteiger partial charge in [-0.2, -0.15) is 0 Å². The highest BCUT2D eigenvalue weighted by atomic mass is 16.3. The molecule has 0 unspecified atom stereocenters. The van der Waals surface area contributed by atoms with Crippen LogP contribution in [0.3, 0.4) is 0 Å². The maximum Gasteiger partial charge on any atom is 0.144 e. The summed E-state index contributed by atoms with van der Waals surface area (Å²) in [4.78, 5) is 4.64. The number of para-hydroxylation sites is 1. The van der Waals surface area contributed by atoms with Gasteiger partial charge in [-0.15, -0.1) is 0 Å². The standard InChI is InChI=1S/C27H23NO/c1-18(2)15-19-13-14-28-25(16-19)23-10-6-9-22-24-17-21(20-7-4-3-5-8-20)11-12-26(24)29-27(22)23/h3-14,16-18H,15H2,1-2H3.